The van der Waals surface area contributed by atoms with Crippen LogP contribution in [-0.2, 0) is 6.42 Å². The second-order valence-electron chi connectivity index (χ2n) is 10.7. The van der Waals surface area contributed by atoms with Crippen molar-refractivity contribution in [3.63, 3.8) is 0 Å². The lowest BCUT2D eigenvalue weighted by molar-refractivity contribution is -0.887. The lowest BCUT2D eigenvalue weighted by atomic mass is 9.93. The van der Waals surface area contributed by atoms with E-state index in [9.17, 15) is 14.7 Å². The summed E-state index contributed by atoms with van der Waals surface area (Å²) in [4.78, 5) is 32.6. The third-order valence-electron chi connectivity index (χ3n) is 8.29. The number of ether oxygens (including phenoxy) is 1. The van der Waals surface area contributed by atoms with Crippen LogP contribution < -0.4 is 9.64 Å². The number of carbonyl (C=O) groups excluding carboxylic acids is 1. The standard InChI is InChI=1S/C30H31Cl2N3O4/c1-18-15-21(16-19(2)33-18)34-13-11-22(12-14-34)35(3,29(36)24-5-4-6-26(31)28(24)32)27-10-8-20-7-9-23(17-25(20)27)39-30(37)38/h4-7,9,15-17,22,27H,8,10-14H2,1-3H3/p+1. The van der Waals surface area contributed by atoms with Crippen LogP contribution in [0.25, 0.3) is 0 Å². The third-order valence-corrected chi connectivity index (χ3v) is 9.11. The molecule has 1 aliphatic heterocycles. The quantitative estimate of drug-likeness (QED) is 0.202. The number of pyridine rings is 1. The number of aromatic nitrogens is 1. The zero-order valence-corrected chi connectivity index (χ0v) is 23.8. The van der Waals surface area contributed by atoms with E-state index in [-0.39, 0.29) is 33.2 Å². The van der Waals surface area contributed by atoms with Gasteiger partial charge < -0.3 is 14.7 Å². The van der Waals surface area contributed by atoms with Crippen LogP contribution in [0.5, 0.6) is 5.75 Å². The fraction of sp³-hybridized carbons (Fsp3) is 0.367. The Morgan fingerprint density at radius 2 is 1.72 bits per heavy atom. The van der Waals surface area contributed by atoms with Crippen LogP contribution in [0.15, 0.2) is 48.5 Å². The minimum Gasteiger partial charge on any atom is -0.449 e. The summed E-state index contributed by atoms with van der Waals surface area (Å²) in [7, 11) is 2.01. The predicted molar refractivity (Wildman–Crippen MR) is 152 cm³/mol. The van der Waals surface area contributed by atoms with Gasteiger partial charge in [0.2, 0.25) is 0 Å². The Labute approximate surface area is 238 Å². The molecule has 9 heteroatoms. The number of amides is 1. The van der Waals surface area contributed by atoms with Gasteiger partial charge in [0.05, 0.1) is 28.7 Å². The summed E-state index contributed by atoms with van der Waals surface area (Å²) >= 11 is 12.9. The Hall–Kier alpha value is -3.13. The summed E-state index contributed by atoms with van der Waals surface area (Å²) in [5.74, 6) is 0.171. The largest absolute Gasteiger partial charge is 0.511 e. The van der Waals surface area contributed by atoms with Crippen molar-refractivity contribution in [3.05, 3.63) is 86.7 Å². The van der Waals surface area contributed by atoms with E-state index >= 15 is 0 Å². The minimum atomic E-state index is -1.36. The van der Waals surface area contributed by atoms with Gasteiger partial charge in [-0.15, -0.1) is 0 Å². The number of carbonyl (C=O) groups is 2. The summed E-state index contributed by atoms with van der Waals surface area (Å²) in [6, 6.07) is 14.6. The molecule has 2 heterocycles. The number of anilines is 1. The molecule has 5 rings (SSSR count). The molecule has 2 aromatic carbocycles. The number of nitrogens with zero attached hydrogens (tertiary/aromatic N) is 3. The van der Waals surface area contributed by atoms with E-state index < -0.39 is 6.16 Å². The number of hydrogen-bond donors (Lipinski definition) is 1. The van der Waals surface area contributed by atoms with E-state index in [2.05, 4.69) is 22.0 Å². The number of rotatable bonds is 5. The topological polar surface area (TPSA) is 79.7 Å². The first-order chi connectivity index (χ1) is 18.6. The molecule has 2 unspecified atom stereocenters. The van der Waals surface area contributed by atoms with Crippen LogP contribution in [0.2, 0.25) is 10.0 Å². The highest BCUT2D eigenvalue weighted by Crippen LogP contribution is 2.46. The number of fused-ring (bicyclic) bond motifs is 1. The van der Waals surface area contributed by atoms with Gasteiger partial charge in [-0.05, 0) is 62.2 Å². The minimum absolute atomic E-state index is 0.0211. The summed E-state index contributed by atoms with van der Waals surface area (Å²) in [6.07, 6.45) is 1.80. The summed E-state index contributed by atoms with van der Waals surface area (Å²) in [5, 5.41) is 9.78. The van der Waals surface area contributed by atoms with Crippen molar-refractivity contribution in [2.24, 2.45) is 0 Å². The number of benzene rings is 2. The van der Waals surface area contributed by atoms with Crippen molar-refractivity contribution in [2.45, 2.75) is 51.6 Å². The van der Waals surface area contributed by atoms with Crippen molar-refractivity contribution in [1.82, 2.24) is 4.98 Å². The second-order valence-corrected chi connectivity index (χ2v) is 11.4. The van der Waals surface area contributed by atoms with Crippen LogP contribution in [-0.4, -0.2) is 52.8 Å². The lowest BCUT2D eigenvalue weighted by Gasteiger charge is -2.47. The Morgan fingerprint density at radius 3 is 2.38 bits per heavy atom. The number of carboxylic acid groups (broad SMARTS) is 1. The van der Waals surface area contributed by atoms with Crippen LogP contribution in [0.3, 0.4) is 0 Å². The van der Waals surface area contributed by atoms with E-state index in [1.807, 2.05) is 27.0 Å². The normalized spacial score (nSPS) is 18.9. The van der Waals surface area contributed by atoms with Crippen molar-refractivity contribution < 1.29 is 23.9 Å². The highest BCUT2D eigenvalue weighted by atomic mass is 35.5. The molecule has 204 valence electrons. The van der Waals surface area contributed by atoms with Gasteiger partial charge in [0.25, 0.3) is 0 Å². The molecule has 0 bridgehead atoms. The Balaban J connectivity index is 1.52. The zero-order chi connectivity index (χ0) is 27.9. The molecule has 0 radical (unpaired) electrons. The molecule has 7 nitrogen and oxygen atoms in total. The molecule has 1 N–H and O–H groups in total. The number of quaternary nitrogens is 1. The molecule has 1 saturated heterocycles. The monoisotopic (exact) mass is 568 g/mol. The Bertz CT molecular complexity index is 1420. The average molecular weight is 570 g/mol. The molecule has 2 atom stereocenters. The van der Waals surface area contributed by atoms with Crippen molar-refractivity contribution in [1.29, 1.82) is 0 Å². The van der Waals surface area contributed by atoms with Crippen LogP contribution >= 0.6 is 23.2 Å². The van der Waals surface area contributed by atoms with Gasteiger partial charge >= 0.3 is 12.1 Å². The number of hydrogen-bond acceptors (Lipinski definition) is 5. The van der Waals surface area contributed by atoms with Gasteiger partial charge in [-0.3, -0.25) is 4.98 Å². The molecule has 39 heavy (non-hydrogen) atoms. The molecule has 3 aromatic rings. The molecule has 2 aliphatic rings. The third kappa shape index (κ3) is 5.23. The average Bonchev–Trinajstić information content (AvgIpc) is 3.32. The first-order valence-electron chi connectivity index (χ1n) is 13.2. The molecule has 0 saturated carbocycles. The fourth-order valence-corrected chi connectivity index (χ4v) is 6.81. The first-order valence-corrected chi connectivity index (χ1v) is 13.9. The van der Waals surface area contributed by atoms with E-state index in [1.54, 1.807) is 30.3 Å². The predicted octanol–water partition coefficient (Wildman–Crippen LogP) is 7.01. The van der Waals surface area contributed by atoms with Gasteiger partial charge in [-0.25, -0.2) is 14.1 Å². The van der Waals surface area contributed by atoms with E-state index in [0.29, 0.717) is 10.6 Å². The highest BCUT2D eigenvalue weighted by Gasteiger charge is 2.51. The molecule has 1 fully saturated rings. The van der Waals surface area contributed by atoms with Crippen LogP contribution in [0.1, 0.15) is 58.2 Å². The molecule has 1 aliphatic carbocycles. The second kappa shape index (κ2) is 10.8. The molecule has 1 aromatic heterocycles. The molecular formula is C30H32Cl2N3O4+. The van der Waals surface area contributed by atoms with Crippen LogP contribution in [0, 0.1) is 13.8 Å². The maximum absolute atomic E-state index is 14.5. The Kier molecular flexibility index (Phi) is 7.60. The van der Waals surface area contributed by atoms with Gasteiger partial charge in [0.15, 0.2) is 0 Å². The zero-order valence-electron chi connectivity index (χ0n) is 22.3. The van der Waals surface area contributed by atoms with Gasteiger partial charge in [-0.1, -0.05) is 35.3 Å². The fourth-order valence-electron chi connectivity index (χ4n) is 6.43. The smallest absolute Gasteiger partial charge is 0.449 e. The van der Waals surface area contributed by atoms with Crippen molar-refractivity contribution in [2.75, 3.05) is 25.0 Å². The summed E-state index contributed by atoms with van der Waals surface area (Å²) in [6.45, 7) is 5.62. The maximum Gasteiger partial charge on any atom is 0.511 e. The summed E-state index contributed by atoms with van der Waals surface area (Å²) < 4.78 is 5.11. The lowest BCUT2D eigenvalue weighted by Crippen LogP contribution is -2.60. The molecule has 0 spiro atoms. The van der Waals surface area contributed by atoms with Gasteiger partial charge in [0.1, 0.15) is 11.8 Å². The van der Waals surface area contributed by atoms with E-state index in [0.717, 1.165) is 67.0 Å². The van der Waals surface area contributed by atoms with Crippen molar-refractivity contribution in [3.8, 4) is 5.75 Å². The summed E-state index contributed by atoms with van der Waals surface area (Å²) in [5.41, 5.74) is 5.58. The number of aryl methyl sites for hydroxylation is 3. The maximum atomic E-state index is 14.5. The number of halogens is 2. The number of piperidine rings is 1. The van der Waals surface area contributed by atoms with Crippen LogP contribution in [0.4, 0.5) is 10.5 Å². The molecular weight excluding hydrogens is 537 g/mol. The van der Waals surface area contributed by atoms with Gasteiger partial charge in [-0.2, -0.15) is 0 Å². The van der Waals surface area contributed by atoms with E-state index in [1.165, 1.54) is 0 Å². The van der Waals surface area contributed by atoms with Crippen molar-refractivity contribution >= 4 is 41.0 Å². The SMILES string of the molecule is Cc1cc(N2CCC([N+](C)(C(=O)c3cccc(Cl)c3Cl)C3CCc4ccc(OC(=O)O)cc43)CC2)cc(C)n1. The Morgan fingerprint density at radius 1 is 1.03 bits per heavy atom. The molecule has 1 amide bonds. The first kappa shape index (κ1) is 27.4. The highest BCUT2D eigenvalue weighted by molar-refractivity contribution is 6.43. The van der Waals surface area contributed by atoms with E-state index in [4.69, 9.17) is 27.9 Å². The van der Waals surface area contributed by atoms with Gasteiger partial charge in [0, 0.05) is 55.0 Å².